The van der Waals surface area contributed by atoms with Crippen molar-refractivity contribution in [2.75, 3.05) is 31.6 Å². The standard InChI is InChI=1S/C16H22FNO5S/c1-24(22,23)8-7-18-6-5-14(19)16(11-18,15(20)21)10-12-3-2-4-13(17)9-12/h2-4,9,14,19H,5-8,10-11H2,1H3,(H,20,21)/t14-,16+/m0/s1. The zero-order valence-corrected chi connectivity index (χ0v) is 14.3. The molecule has 24 heavy (non-hydrogen) atoms. The molecule has 0 unspecified atom stereocenters. The van der Waals surface area contributed by atoms with Crippen molar-refractivity contribution >= 4 is 15.8 Å². The molecule has 6 nitrogen and oxygen atoms in total. The molecule has 134 valence electrons. The molecule has 1 aliphatic rings. The van der Waals surface area contributed by atoms with Crippen molar-refractivity contribution < 1.29 is 27.8 Å². The average molecular weight is 359 g/mol. The van der Waals surface area contributed by atoms with Gasteiger partial charge in [0, 0.05) is 25.9 Å². The topological polar surface area (TPSA) is 94.9 Å². The summed E-state index contributed by atoms with van der Waals surface area (Å²) >= 11 is 0. The maximum atomic E-state index is 13.4. The van der Waals surface area contributed by atoms with E-state index in [1.54, 1.807) is 11.0 Å². The molecule has 0 bridgehead atoms. The normalized spacial score (nSPS) is 25.5. The smallest absolute Gasteiger partial charge is 0.313 e. The van der Waals surface area contributed by atoms with Gasteiger partial charge in [-0.2, -0.15) is 0 Å². The fourth-order valence-electron chi connectivity index (χ4n) is 3.12. The second kappa shape index (κ2) is 7.16. The highest BCUT2D eigenvalue weighted by molar-refractivity contribution is 7.90. The van der Waals surface area contributed by atoms with Gasteiger partial charge < -0.3 is 15.1 Å². The minimum absolute atomic E-state index is 0.0172. The van der Waals surface area contributed by atoms with E-state index in [0.717, 1.165) is 6.26 Å². The number of aliphatic hydroxyl groups excluding tert-OH is 1. The molecule has 0 aromatic heterocycles. The van der Waals surface area contributed by atoms with Gasteiger partial charge >= 0.3 is 5.97 Å². The molecule has 8 heteroatoms. The van der Waals surface area contributed by atoms with Gasteiger partial charge in [0.05, 0.1) is 11.9 Å². The van der Waals surface area contributed by atoms with Gasteiger partial charge in [0.1, 0.15) is 21.1 Å². The van der Waals surface area contributed by atoms with Crippen molar-refractivity contribution in [1.29, 1.82) is 0 Å². The molecule has 1 aliphatic heterocycles. The first-order valence-electron chi connectivity index (χ1n) is 7.68. The molecule has 1 saturated heterocycles. The van der Waals surface area contributed by atoms with Crippen LogP contribution in [0.4, 0.5) is 4.39 Å². The zero-order chi connectivity index (χ0) is 18.0. The number of carboxylic acid groups (broad SMARTS) is 1. The highest BCUT2D eigenvalue weighted by Gasteiger charge is 2.49. The average Bonchev–Trinajstić information content (AvgIpc) is 2.47. The summed E-state index contributed by atoms with van der Waals surface area (Å²) in [6.45, 7) is 0.661. The lowest BCUT2D eigenvalue weighted by Gasteiger charge is -2.43. The Balaban J connectivity index is 2.23. The predicted molar refractivity (Wildman–Crippen MR) is 86.9 cm³/mol. The number of halogens is 1. The third-order valence-corrected chi connectivity index (χ3v) is 5.40. The van der Waals surface area contributed by atoms with Gasteiger partial charge in [-0.05, 0) is 30.5 Å². The lowest BCUT2D eigenvalue weighted by Crippen LogP contribution is -2.57. The number of hydrogen-bond donors (Lipinski definition) is 2. The lowest BCUT2D eigenvalue weighted by molar-refractivity contribution is -0.163. The second-order valence-corrected chi connectivity index (χ2v) is 8.74. The number of carboxylic acids is 1. The van der Waals surface area contributed by atoms with Crippen LogP contribution < -0.4 is 0 Å². The van der Waals surface area contributed by atoms with Gasteiger partial charge in [-0.3, -0.25) is 4.79 Å². The number of piperidine rings is 1. The van der Waals surface area contributed by atoms with Crippen LogP contribution in [0.3, 0.4) is 0 Å². The van der Waals surface area contributed by atoms with Gasteiger partial charge in [0.15, 0.2) is 0 Å². The quantitative estimate of drug-likeness (QED) is 0.770. The minimum atomic E-state index is -3.16. The van der Waals surface area contributed by atoms with E-state index in [0.29, 0.717) is 12.1 Å². The van der Waals surface area contributed by atoms with E-state index >= 15 is 0 Å². The summed E-state index contributed by atoms with van der Waals surface area (Å²) in [6, 6.07) is 5.65. The molecule has 0 amide bonds. The number of aliphatic carboxylic acids is 1. The Hall–Kier alpha value is -1.51. The third kappa shape index (κ3) is 4.52. The van der Waals surface area contributed by atoms with Crippen LogP contribution >= 0.6 is 0 Å². The Kier molecular flexibility index (Phi) is 5.62. The Morgan fingerprint density at radius 2 is 2.17 bits per heavy atom. The first kappa shape index (κ1) is 18.8. The number of likely N-dealkylation sites (tertiary alicyclic amines) is 1. The van der Waals surface area contributed by atoms with Crippen molar-refractivity contribution in [3.8, 4) is 0 Å². The Bertz CT molecular complexity index is 708. The molecule has 1 fully saturated rings. The van der Waals surface area contributed by atoms with Crippen LogP contribution in [0.5, 0.6) is 0 Å². The Morgan fingerprint density at radius 1 is 1.46 bits per heavy atom. The highest BCUT2D eigenvalue weighted by atomic mass is 32.2. The first-order chi connectivity index (χ1) is 11.1. The second-order valence-electron chi connectivity index (χ2n) is 6.48. The van der Waals surface area contributed by atoms with Crippen LogP contribution in [0.2, 0.25) is 0 Å². The molecule has 0 aliphatic carbocycles. The fraction of sp³-hybridized carbons (Fsp3) is 0.562. The molecular formula is C16H22FNO5S. The van der Waals surface area contributed by atoms with Crippen molar-refractivity contribution in [3.63, 3.8) is 0 Å². The molecule has 1 heterocycles. The molecular weight excluding hydrogens is 337 g/mol. The number of nitrogens with zero attached hydrogens (tertiary/aromatic N) is 1. The minimum Gasteiger partial charge on any atom is -0.481 e. The van der Waals surface area contributed by atoms with Crippen molar-refractivity contribution in [3.05, 3.63) is 35.6 Å². The molecule has 0 spiro atoms. The van der Waals surface area contributed by atoms with Crippen LogP contribution in [-0.4, -0.2) is 67.2 Å². The van der Waals surface area contributed by atoms with Gasteiger partial charge in [-0.15, -0.1) is 0 Å². The molecule has 0 saturated carbocycles. The summed E-state index contributed by atoms with van der Waals surface area (Å²) in [6.07, 6.45) is 0.262. The monoisotopic (exact) mass is 359 g/mol. The fourth-order valence-corrected chi connectivity index (χ4v) is 3.71. The van der Waals surface area contributed by atoms with Crippen molar-refractivity contribution in [1.82, 2.24) is 4.90 Å². The summed E-state index contributed by atoms with van der Waals surface area (Å²) in [5.41, 5.74) is -0.995. The van der Waals surface area contributed by atoms with Crippen LogP contribution in [-0.2, 0) is 21.1 Å². The summed E-state index contributed by atoms with van der Waals surface area (Å²) in [4.78, 5) is 13.7. The third-order valence-electron chi connectivity index (χ3n) is 4.48. The van der Waals surface area contributed by atoms with Crippen LogP contribution in [0, 0.1) is 11.2 Å². The summed E-state index contributed by atoms with van der Waals surface area (Å²) < 4.78 is 36.0. The van der Waals surface area contributed by atoms with Gasteiger partial charge in [-0.25, -0.2) is 12.8 Å². The van der Waals surface area contributed by atoms with Gasteiger partial charge in [0.25, 0.3) is 0 Å². The number of rotatable bonds is 6. The van der Waals surface area contributed by atoms with E-state index in [1.807, 2.05) is 0 Å². The number of sulfone groups is 1. The maximum absolute atomic E-state index is 13.4. The number of carbonyl (C=O) groups is 1. The van der Waals surface area contributed by atoms with Crippen LogP contribution in [0.25, 0.3) is 0 Å². The molecule has 1 aromatic rings. The molecule has 2 atom stereocenters. The molecule has 0 radical (unpaired) electrons. The molecule has 2 rings (SSSR count). The predicted octanol–water partition coefficient (Wildman–Crippen LogP) is 0.550. The summed E-state index contributed by atoms with van der Waals surface area (Å²) in [5.74, 6) is -1.70. The van der Waals surface area contributed by atoms with Crippen LogP contribution in [0.15, 0.2) is 24.3 Å². The van der Waals surface area contributed by atoms with E-state index in [-0.39, 0.29) is 31.7 Å². The van der Waals surface area contributed by atoms with E-state index < -0.39 is 33.1 Å². The van der Waals surface area contributed by atoms with Crippen LogP contribution in [0.1, 0.15) is 12.0 Å². The van der Waals surface area contributed by atoms with E-state index in [4.69, 9.17) is 0 Å². The van der Waals surface area contributed by atoms with E-state index in [1.165, 1.54) is 18.2 Å². The summed E-state index contributed by atoms with van der Waals surface area (Å²) in [5, 5.41) is 20.1. The Labute approximate surface area is 140 Å². The first-order valence-corrected chi connectivity index (χ1v) is 9.74. The largest absolute Gasteiger partial charge is 0.481 e. The van der Waals surface area contributed by atoms with Crippen molar-refractivity contribution in [2.45, 2.75) is 18.9 Å². The van der Waals surface area contributed by atoms with Gasteiger partial charge in [0.2, 0.25) is 0 Å². The number of hydrogen-bond acceptors (Lipinski definition) is 5. The maximum Gasteiger partial charge on any atom is 0.313 e. The SMILES string of the molecule is CS(=O)(=O)CCN1CC[C@H](O)[C@](Cc2cccc(F)c2)(C(=O)O)C1. The van der Waals surface area contributed by atoms with Gasteiger partial charge in [-0.1, -0.05) is 12.1 Å². The number of benzene rings is 1. The number of aliphatic hydroxyl groups is 1. The van der Waals surface area contributed by atoms with E-state index in [9.17, 15) is 27.8 Å². The molecule has 1 aromatic carbocycles. The Morgan fingerprint density at radius 3 is 2.75 bits per heavy atom. The summed E-state index contributed by atoms with van der Waals surface area (Å²) in [7, 11) is -3.16. The zero-order valence-electron chi connectivity index (χ0n) is 13.5. The lowest BCUT2D eigenvalue weighted by atomic mass is 9.73. The van der Waals surface area contributed by atoms with E-state index in [2.05, 4.69) is 0 Å². The molecule has 2 N–H and O–H groups in total. The highest BCUT2D eigenvalue weighted by Crippen LogP contribution is 2.34. The van der Waals surface area contributed by atoms with Crippen molar-refractivity contribution in [2.24, 2.45) is 5.41 Å².